The Hall–Kier alpha value is -0.0331. The second kappa shape index (κ2) is 10.7. The van der Waals surface area contributed by atoms with Gasteiger partial charge < -0.3 is 13.3 Å². The monoisotopic (exact) mass is 329 g/mol. The molecule has 0 atom stereocenters. The summed E-state index contributed by atoms with van der Waals surface area (Å²) in [4.78, 5) is 3.06. The highest BCUT2D eigenvalue weighted by Gasteiger charge is 2.41. The first-order valence-corrected chi connectivity index (χ1v) is 10.3. The van der Waals surface area contributed by atoms with E-state index < -0.39 is 19.1 Å². The molecule has 0 aromatic heterocycles. The molecular weight excluding hydrogens is 302 g/mol. The van der Waals surface area contributed by atoms with Crippen molar-refractivity contribution in [3.8, 4) is 0 Å². The van der Waals surface area contributed by atoms with Crippen molar-refractivity contribution in [2.75, 3.05) is 32.1 Å². The third-order valence-electron chi connectivity index (χ3n) is 2.38. The number of nitrogens with one attached hydrogen (secondary N) is 1. The fourth-order valence-electron chi connectivity index (χ4n) is 1.51. The summed E-state index contributed by atoms with van der Waals surface area (Å²) in [5.74, 6) is -0.294. The van der Waals surface area contributed by atoms with Crippen molar-refractivity contribution in [1.29, 1.82) is 0 Å². The highest BCUT2D eigenvalue weighted by Crippen LogP contribution is 2.08. The summed E-state index contributed by atoms with van der Waals surface area (Å²) in [5.41, 5.74) is 0. The first-order valence-electron chi connectivity index (χ1n) is 7.01. The van der Waals surface area contributed by atoms with E-state index in [1.54, 1.807) is 0 Å². The van der Waals surface area contributed by atoms with Crippen molar-refractivity contribution in [1.82, 2.24) is 4.98 Å². The van der Waals surface area contributed by atoms with E-state index in [-0.39, 0.29) is 12.2 Å². The van der Waals surface area contributed by atoms with Gasteiger partial charge in [0.1, 0.15) is 0 Å². The van der Waals surface area contributed by atoms with Crippen LogP contribution in [0.25, 0.3) is 0 Å². The average molecular weight is 329 g/mol. The molecule has 20 heavy (non-hydrogen) atoms. The van der Waals surface area contributed by atoms with Crippen molar-refractivity contribution in [3.05, 3.63) is 0 Å². The Morgan fingerprint density at radius 3 is 2.10 bits per heavy atom. The lowest BCUT2D eigenvalue weighted by molar-refractivity contribution is 0.0550. The molecule has 0 heterocycles. The van der Waals surface area contributed by atoms with E-state index in [4.69, 9.17) is 17.8 Å². The van der Waals surface area contributed by atoms with Gasteiger partial charge in [-0.3, -0.25) is 9.54 Å². The summed E-state index contributed by atoms with van der Waals surface area (Å²) in [6.45, 7) is 7.54. The molecule has 0 saturated heterocycles. The molecule has 0 aliphatic heterocycles. The number of hydrogen-bond acceptors (Lipinski definition) is 6. The van der Waals surface area contributed by atoms with Gasteiger partial charge in [-0.1, -0.05) is 13.3 Å². The van der Waals surface area contributed by atoms with E-state index in [1.165, 1.54) is 0 Å². The van der Waals surface area contributed by atoms with Crippen molar-refractivity contribution in [2.24, 2.45) is 0 Å². The predicted octanol–water partition coefficient (Wildman–Crippen LogP) is 1.18. The van der Waals surface area contributed by atoms with Crippen molar-refractivity contribution >= 4 is 19.1 Å². The van der Waals surface area contributed by atoms with Gasteiger partial charge in [-0.05, 0) is 33.2 Å². The lowest BCUT2D eigenvalue weighted by atomic mass is 10.4. The molecule has 0 radical (unpaired) electrons. The summed E-state index contributed by atoms with van der Waals surface area (Å²) >= 11 is 0. The molecule has 7 nitrogen and oxygen atoms in total. The van der Waals surface area contributed by atoms with Crippen LogP contribution < -0.4 is 4.98 Å². The van der Waals surface area contributed by atoms with Gasteiger partial charge in [-0.2, -0.15) is 8.42 Å². The van der Waals surface area contributed by atoms with Crippen LogP contribution in [0.15, 0.2) is 0 Å². The van der Waals surface area contributed by atoms with Crippen LogP contribution in [0.5, 0.6) is 0 Å². The Bertz CT molecular complexity index is 332. The summed E-state index contributed by atoms with van der Waals surface area (Å²) in [6.07, 6.45) is 2.18. The SMILES string of the molecule is CCCCO[Si](NCCCS(=O)(=O)O)(OCC)OCC. The molecule has 9 heteroatoms. The quantitative estimate of drug-likeness (QED) is 0.298. The summed E-state index contributed by atoms with van der Waals surface area (Å²) in [7, 11) is -6.89. The van der Waals surface area contributed by atoms with Crippen LogP contribution in [0.4, 0.5) is 0 Å². The van der Waals surface area contributed by atoms with Crippen LogP contribution >= 0.6 is 0 Å². The second-order valence-corrected chi connectivity index (χ2v) is 8.09. The zero-order valence-corrected chi connectivity index (χ0v) is 14.4. The first kappa shape index (κ1) is 20.0. The lowest BCUT2D eigenvalue weighted by Crippen LogP contribution is -2.59. The molecule has 0 aromatic carbocycles. The Morgan fingerprint density at radius 1 is 1.05 bits per heavy atom. The van der Waals surface area contributed by atoms with Gasteiger partial charge in [-0.25, -0.2) is 0 Å². The minimum atomic E-state index is -3.93. The molecule has 0 unspecified atom stereocenters. The van der Waals surface area contributed by atoms with E-state index in [2.05, 4.69) is 11.9 Å². The molecular formula is C11H27NO6SSi. The van der Waals surface area contributed by atoms with E-state index in [0.29, 0.717) is 26.4 Å². The topological polar surface area (TPSA) is 94.1 Å². The molecule has 0 aliphatic rings. The Labute approximate surface area is 123 Å². The molecule has 0 saturated carbocycles. The highest BCUT2D eigenvalue weighted by atomic mass is 32.2. The molecule has 0 rings (SSSR count). The number of rotatable bonds is 13. The predicted molar refractivity (Wildman–Crippen MR) is 78.9 cm³/mol. The smallest absolute Gasteiger partial charge is 0.361 e. The van der Waals surface area contributed by atoms with Gasteiger partial charge in [-0.15, -0.1) is 0 Å². The van der Waals surface area contributed by atoms with Crippen LogP contribution in [0.2, 0.25) is 0 Å². The first-order chi connectivity index (χ1) is 9.39. The Balaban J connectivity index is 4.39. The van der Waals surface area contributed by atoms with E-state index in [1.807, 2.05) is 13.8 Å². The Kier molecular flexibility index (Phi) is 10.6. The maximum atomic E-state index is 10.7. The largest absolute Gasteiger partial charge is 0.596 e. The summed E-state index contributed by atoms with van der Waals surface area (Å²) in [5, 5.41) is 0. The molecule has 0 aliphatic carbocycles. The van der Waals surface area contributed by atoms with Crippen molar-refractivity contribution < 1.29 is 26.2 Å². The molecule has 0 amide bonds. The molecule has 0 fully saturated rings. The van der Waals surface area contributed by atoms with Gasteiger partial charge in [0.25, 0.3) is 10.1 Å². The highest BCUT2D eigenvalue weighted by molar-refractivity contribution is 7.85. The van der Waals surface area contributed by atoms with E-state index in [0.717, 1.165) is 12.8 Å². The maximum absolute atomic E-state index is 10.7. The van der Waals surface area contributed by atoms with Crippen LogP contribution in [-0.4, -0.2) is 54.1 Å². The molecule has 122 valence electrons. The summed E-state index contributed by atoms with van der Waals surface area (Å²) < 4.78 is 47.0. The molecule has 0 spiro atoms. The van der Waals surface area contributed by atoms with Gasteiger partial charge in [0.15, 0.2) is 0 Å². The normalized spacial score (nSPS) is 12.8. The summed E-state index contributed by atoms with van der Waals surface area (Å²) in [6, 6.07) is 0. The fraction of sp³-hybridized carbons (Fsp3) is 1.00. The van der Waals surface area contributed by atoms with Crippen LogP contribution in [0.1, 0.15) is 40.0 Å². The number of unbranched alkanes of at least 4 members (excludes halogenated alkanes) is 1. The van der Waals surface area contributed by atoms with Crippen LogP contribution in [0.3, 0.4) is 0 Å². The van der Waals surface area contributed by atoms with Crippen LogP contribution in [-0.2, 0) is 23.4 Å². The van der Waals surface area contributed by atoms with E-state index >= 15 is 0 Å². The average Bonchev–Trinajstić information content (AvgIpc) is 2.35. The zero-order valence-electron chi connectivity index (χ0n) is 12.6. The molecule has 0 bridgehead atoms. The third kappa shape index (κ3) is 9.81. The minimum Gasteiger partial charge on any atom is -0.361 e. The maximum Gasteiger partial charge on any atom is 0.596 e. The van der Waals surface area contributed by atoms with Crippen molar-refractivity contribution in [2.45, 2.75) is 40.0 Å². The minimum absolute atomic E-state index is 0.269. The van der Waals surface area contributed by atoms with E-state index in [9.17, 15) is 8.42 Å². The lowest BCUT2D eigenvalue weighted by Gasteiger charge is -2.28. The Morgan fingerprint density at radius 2 is 1.65 bits per heavy atom. The standard InChI is InChI=1S/C11H27NO6SSi/c1-4-7-10-18-20(16-5-2,17-6-3)12-9-8-11-19(13,14)15/h12H,4-11H2,1-3H3,(H,13,14,15). The molecule has 0 aromatic rings. The van der Waals surface area contributed by atoms with Crippen molar-refractivity contribution in [3.63, 3.8) is 0 Å². The number of hydrogen-bond donors (Lipinski definition) is 2. The van der Waals surface area contributed by atoms with Gasteiger partial charge in [0.05, 0.1) is 5.75 Å². The fourth-order valence-corrected chi connectivity index (χ4v) is 4.23. The van der Waals surface area contributed by atoms with Crippen LogP contribution in [0, 0.1) is 0 Å². The third-order valence-corrected chi connectivity index (χ3v) is 5.79. The zero-order chi connectivity index (χ0) is 15.5. The van der Waals surface area contributed by atoms with Gasteiger partial charge in [0, 0.05) is 19.8 Å². The molecule has 2 N–H and O–H groups in total. The van der Waals surface area contributed by atoms with Gasteiger partial charge >= 0.3 is 8.97 Å². The second-order valence-electron chi connectivity index (χ2n) is 4.19. The van der Waals surface area contributed by atoms with Gasteiger partial charge in [0.2, 0.25) is 0 Å².